The van der Waals surface area contributed by atoms with Crippen LogP contribution in [0, 0.1) is 5.92 Å². The molecule has 4 nitrogen and oxygen atoms in total. The summed E-state index contributed by atoms with van der Waals surface area (Å²) in [5, 5.41) is 0. The number of hydrogen-bond donors (Lipinski definition) is 0. The van der Waals surface area contributed by atoms with Gasteiger partial charge in [-0.1, -0.05) is 36.4 Å². The number of piperidine rings is 1. The lowest BCUT2D eigenvalue weighted by Crippen LogP contribution is -2.40. The van der Waals surface area contributed by atoms with Crippen molar-refractivity contribution in [3.63, 3.8) is 0 Å². The van der Waals surface area contributed by atoms with Gasteiger partial charge in [0, 0.05) is 25.4 Å². The molecule has 1 aliphatic heterocycles. The van der Waals surface area contributed by atoms with Crippen molar-refractivity contribution in [2.75, 3.05) is 13.1 Å². The number of ketones is 1. The van der Waals surface area contributed by atoms with E-state index in [1.165, 1.54) is 0 Å². The van der Waals surface area contributed by atoms with Gasteiger partial charge in [-0.3, -0.25) is 4.79 Å². The van der Waals surface area contributed by atoms with Crippen LogP contribution in [0.15, 0.2) is 43.0 Å². The molecule has 0 unspecified atom stereocenters. The molecule has 2 rings (SSSR count). The summed E-state index contributed by atoms with van der Waals surface area (Å²) in [6, 6.07) is 9.63. The number of hydrogen-bond acceptors (Lipinski definition) is 3. The molecule has 0 spiro atoms. The summed E-state index contributed by atoms with van der Waals surface area (Å²) in [6.45, 7) is 5.12. The Balaban J connectivity index is 1.73. The van der Waals surface area contributed by atoms with Gasteiger partial charge in [0.2, 0.25) is 0 Å². The van der Waals surface area contributed by atoms with Crippen molar-refractivity contribution in [3.8, 4) is 0 Å². The number of ether oxygens (including phenoxy) is 1. The molecule has 0 bridgehead atoms. The molecule has 118 valence electrons. The molecule has 0 radical (unpaired) electrons. The van der Waals surface area contributed by atoms with Crippen LogP contribution in [-0.2, 0) is 16.1 Å². The average Bonchev–Trinajstić information content (AvgIpc) is 2.58. The van der Waals surface area contributed by atoms with Crippen LogP contribution in [0.3, 0.4) is 0 Å². The van der Waals surface area contributed by atoms with Gasteiger partial charge in [-0.05, 0) is 24.8 Å². The van der Waals surface area contributed by atoms with Crippen LogP contribution in [0.1, 0.15) is 31.2 Å². The van der Waals surface area contributed by atoms with Gasteiger partial charge in [-0.15, -0.1) is 6.58 Å². The van der Waals surface area contributed by atoms with E-state index in [1.54, 1.807) is 11.0 Å². The van der Waals surface area contributed by atoms with Gasteiger partial charge >= 0.3 is 6.09 Å². The summed E-state index contributed by atoms with van der Waals surface area (Å²) in [5.74, 6) is 0.371. The van der Waals surface area contributed by atoms with Crippen molar-refractivity contribution < 1.29 is 14.3 Å². The maximum Gasteiger partial charge on any atom is 0.410 e. The van der Waals surface area contributed by atoms with Crippen molar-refractivity contribution in [3.05, 3.63) is 48.6 Å². The first-order valence-corrected chi connectivity index (χ1v) is 7.80. The summed E-state index contributed by atoms with van der Waals surface area (Å²) in [6.07, 6.45) is 4.24. The summed E-state index contributed by atoms with van der Waals surface area (Å²) < 4.78 is 5.32. The van der Waals surface area contributed by atoms with Gasteiger partial charge < -0.3 is 9.64 Å². The first-order chi connectivity index (χ1) is 10.7. The topological polar surface area (TPSA) is 46.6 Å². The Morgan fingerprint density at radius 3 is 2.55 bits per heavy atom. The predicted molar refractivity (Wildman–Crippen MR) is 85.4 cm³/mol. The van der Waals surface area contributed by atoms with E-state index in [0.717, 1.165) is 24.8 Å². The molecule has 1 amide bonds. The molecule has 4 heteroatoms. The smallest absolute Gasteiger partial charge is 0.410 e. The predicted octanol–water partition coefficient (Wildman–Crippen LogP) is 3.57. The van der Waals surface area contributed by atoms with Crippen LogP contribution in [0.4, 0.5) is 4.79 Å². The molecule has 22 heavy (non-hydrogen) atoms. The van der Waals surface area contributed by atoms with Crippen LogP contribution in [-0.4, -0.2) is 29.9 Å². The Labute approximate surface area is 131 Å². The normalized spacial score (nSPS) is 15.4. The van der Waals surface area contributed by atoms with Gasteiger partial charge in [0.05, 0.1) is 0 Å². The van der Waals surface area contributed by atoms with E-state index in [4.69, 9.17) is 4.74 Å². The van der Waals surface area contributed by atoms with Crippen LogP contribution in [0.5, 0.6) is 0 Å². The molecule has 0 atom stereocenters. The van der Waals surface area contributed by atoms with Crippen molar-refractivity contribution >= 4 is 11.9 Å². The molecule has 1 aromatic carbocycles. The zero-order valence-corrected chi connectivity index (χ0v) is 12.9. The molecule has 0 aromatic heterocycles. The highest BCUT2D eigenvalue weighted by molar-refractivity contribution is 5.81. The maximum absolute atomic E-state index is 12.0. The summed E-state index contributed by atoms with van der Waals surface area (Å²) in [5.41, 5.74) is 0.977. The second kappa shape index (κ2) is 8.37. The van der Waals surface area contributed by atoms with E-state index in [1.807, 2.05) is 30.3 Å². The lowest BCUT2D eigenvalue weighted by molar-refractivity contribution is -0.124. The molecule has 1 saturated heterocycles. The highest BCUT2D eigenvalue weighted by Crippen LogP contribution is 2.21. The average molecular weight is 301 g/mol. The number of benzene rings is 1. The summed E-state index contributed by atoms with van der Waals surface area (Å²) >= 11 is 0. The molecule has 1 aliphatic rings. The van der Waals surface area contributed by atoms with Crippen molar-refractivity contribution in [1.29, 1.82) is 0 Å². The quantitative estimate of drug-likeness (QED) is 0.755. The Morgan fingerprint density at radius 2 is 1.91 bits per heavy atom. The minimum absolute atomic E-state index is 0.0816. The molecular formula is C18H23NO3. The van der Waals surface area contributed by atoms with E-state index < -0.39 is 0 Å². The molecule has 0 aliphatic carbocycles. The Bertz CT molecular complexity index is 504. The Kier molecular flexibility index (Phi) is 6.19. The van der Waals surface area contributed by atoms with Crippen LogP contribution in [0.25, 0.3) is 0 Å². The van der Waals surface area contributed by atoms with Crippen LogP contribution >= 0.6 is 0 Å². The van der Waals surface area contributed by atoms with Gasteiger partial charge in [-0.25, -0.2) is 4.79 Å². The highest BCUT2D eigenvalue weighted by Gasteiger charge is 2.27. The zero-order chi connectivity index (χ0) is 15.8. The SMILES string of the molecule is C=CCCC(=O)C1CCN(C(=O)OCc2ccccc2)CC1. The lowest BCUT2D eigenvalue weighted by atomic mass is 9.90. The number of nitrogens with zero attached hydrogens (tertiary/aromatic N) is 1. The van der Waals surface area contributed by atoms with Crippen molar-refractivity contribution in [2.45, 2.75) is 32.3 Å². The van der Waals surface area contributed by atoms with E-state index in [9.17, 15) is 9.59 Å². The van der Waals surface area contributed by atoms with Crippen molar-refractivity contribution in [1.82, 2.24) is 4.90 Å². The van der Waals surface area contributed by atoms with Gasteiger partial charge in [0.15, 0.2) is 0 Å². The highest BCUT2D eigenvalue weighted by atomic mass is 16.6. The fraction of sp³-hybridized carbons (Fsp3) is 0.444. The lowest BCUT2D eigenvalue weighted by Gasteiger charge is -2.30. The monoisotopic (exact) mass is 301 g/mol. The van der Waals surface area contributed by atoms with E-state index >= 15 is 0 Å². The minimum Gasteiger partial charge on any atom is -0.445 e. The summed E-state index contributed by atoms with van der Waals surface area (Å²) in [4.78, 5) is 25.7. The van der Waals surface area contributed by atoms with Crippen LogP contribution in [0.2, 0.25) is 0 Å². The Morgan fingerprint density at radius 1 is 1.23 bits per heavy atom. The third kappa shape index (κ3) is 4.72. The van der Waals surface area contributed by atoms with E-state index in [2.05, 4.69) is 6.58 Å². The van der Waals surface area contributed by atoms with E-state index in [-0.39, 0.29) is 24.4 Å². The second-order valence-electron chi connectivity index (χ2n) is 5.60. The number of carbonyl (C=O) groups excluding carboxylic acids is 2. The first kappa shape index (κ1) is 16.3. The maximum atomic E-state index is 12.0. The van der Waals surface area contributed by atoms with Crippen molar-refractivity contribution in [2.24, 2.45) is 5.92 Å². The minimum atomic E-state index is -0.291. The first-order valence-electron chi connectivity index (χ1n) is 7.80. The third-order valence-electron chi connectivity index (χ3n) is 4.01. The number of likely N-dealkylation sites (tertiary alicyclic amines) is 1. The molecule has 0 N–H and O–H groups in total. The number of carbonyl (C=O) groups is 2. The molecular weight excluding hydrogens is 278 g/mol. The Hall–Kier alpha value is -2.10. The summed E-state index contributed by atoms with van der Waals surface area (Å²) in [7, 11) is 0. The molecule has 1 fully saturated rings. The fourth-order valence-corrected chi connectivity index (χ4v) is 2.64. The van der Waals surface area contributed by atoms with Crippen LogP contribution < -0.4 is 0 Å². The second-order valence-corrected chi connectivity index (χ2v) is 5.60. The van der Waals surface area contributed by atoms with Gasteiger partial charge in [0.25, 0.3) is 0 Å². The molecule has 0 saturated carbocycles. The van der Waals surface area contributed by atoms with E-state index in [0.29, 0.717) is 19.5 Å². The fourth-order valence-electron chi connectivity index (χ4n) is 2.64. The number of Topliss-reactive ketones (excluding diaryl/α,β-unsaturated/α-hetero) is 1. The number of amides is 1. The van der Waals surface area contributed by atoms with Gasteiger partial charge in [-0.2, -0.15) is 0 Å². The standard InChI is InChI=1S/C18H23NO3/c1-2-3-9-17(20)16-10-12-19(13-11-16)18(21)22-14-15-7-5-4-6-8-15/h2,4-8,16H,1,3,9-14H2. The molecule has 1 aromatic rings. The largest absolute Gasteiger partial charge is 0.445 e. The zero-order valence-electron chi connectivity index (χ0n) is 12.9. The number of allylic oxidation sites excluding steroid dienone is 1. The third-order valence-corrected chi connectivity index (χ3v) is 4.01. The number of rotatable bonds is 6. The van der Waals surface area contributed by atoms with Gasteiger partial charge in [0.1, 0.15) is 12.4 Å². The molecule has 1 heterocycles.